The number of aromatic nitrogens is 2. The van der Waals surface area contributed by atoms with Gasteiger partial charge in [-0.3, -0.25) is 4.79 Å². The van der Waals surface area contributed by atoms with Gasteiger partial charge >= 0.3 is 5.97 Å². The van der Waals surface area contributed by atoms with Gasteiger partial charge in [0, 0.05) is 30.9 Å². The van der Waals surface area contributed by atoms with Gasteiger partial charge in [0.2, 0.25) is 10.0 Å². The van der Waals surface area contributed by atoms with Gasteiger partial charge in [0.25, 0.3) is 5.91 Å². The summed E-state index contributed by atoms with van der Waals surface area (Å²) in [6.07, 6.45) is 0. The number of benzene rings is 2. The number of hydrogen-bond acceptors (Lipinski definition) is 6. The first-order valence-corrected chi connectivity index (χ1v) is 12.1. The average molecular weight is 485 g/mol. The SMILES string of the molecule is CCOC(=O)[C@@H](NC(=O)c1ccc(S(=O)(=O)N(C)C)cc1)c1c(C)nn(-c2ccccc2)c1C. The maximum Gasteiger partial charge on any atom is 0.333 e. The van der Waals surface area contributed by atoms with Gasteiger partial charge in [-0.15, -0.1) is 0 Å². The quantitative estimate of drug-likeness (QED) is 0.492. The topological polar surface area (TPSA) is 111 Å². The zero-order chi connectivity index (χ0) is 25.0. The van der Waals surface area contributed by atoms with Crippen LogP contribution in [0.4, 0.5) is 0 Å². The zero-order valence-electron chi connectivity index (χ0n) is 19.8. The van der Waals surface area contributed by atoms with Crippen molar-refractivity contribution < 1.29 is 22.7 Å². The average Bonchev–Trinajstić information content (AvgIpc) is 3.11. The van der Waals surface area contributed by atoms with Crippen LogP contribution < -0.4 is 5.32 Å². The Morgan fingerprint density at radius 2 is 1.68 bits per heavy atom. The van der Waals surface area contributed by atoms with E-state index in [1.54, 1.807) is 18.5 Å². The normalized spacial score (nSPS) is 12.4. The highest BCUT2D eigenvalue weighted by Crippen LogP contribution is 2.26. The Bertz CT molecular complexity index is 1280. The van der Waals surface area contributed by atoms with E-state index in [4.69, 9.17) is 4.74 Å². The number of aryl methyl sites for hydroxylation is 1. The molecule has 0 aliphatic carbocycles. The van der Waals surface area contributed by atoms with Gasteiger partial charge in [-0.1, -0.05) is 18.2 Å². The molecular formula is C24H28N4O5S. The van der Waals surface area contributed by atoms with Crippen LogP contribution in [0, 0.1) is 13.8 Å². The van der Waals surface area contributed by atoms with Crippen LogP contribution >= 0.6 is 0 Å². The van der Waals surface area contributed by atoms with E-state index in [2.05, 4.69) is 10.4 Å². The van der Waals surface area contributed by atoms with Crippen molar-refractivity contribution in [2.75, 3.05) is 20.7 Å². The first-order chi connectivity index (χ1) is 16.1. The number of esters is 1. The molecule has 0 unspecified atom stereocenters. The molecule has 0 fully saturated rings. The summed E-state index contributed by atoms with van der Waals surface area (Å²) in [5, 5.41) is 7.30. The third-order valence-corrected chi connectivity index (χ3v) is 7.16. The molecule has 34 heavy (non-hydrogen) atoms. The van der Waals surface area contributed by atoms with E-state index in [1.807, 2.05) is 37.3 Å². The minimum absolute atomic E-state index is 0.0619. The second kappa shape index (κ2) is 10.2. The number of carbonyl (C=O) groups is 2. The minimum atomic E-state index is -3.62. The second-order valence-electron chi connectivity index (χ2n) is 7.80. The summed E-state index contributed by atoms with van der Waals surface area (Å²) >= 11 is 0. The Morgan fingerprint density at radius 3 is 2.24 bits per heavy atom. The predicted octanol–water partition coefficient (Wildman–Crippen LogP) is 2.77. The maximum atomic E-state index is 13.0. The van der Waals surface area contributed by atoms with E-state index < -0.39 is 27.9 Å². The molecule has 1 N–H and O–H groups in total. The summed E-state index contributed by atoms with van der Waals surface area (Å²) in [7, 11) is -0.763. The van der Waals surface area contributed by atoms with Gasteiger partial charge in [0.15, 0.2) is 6.04 Å². The number of nitrogens with zero attached hydrogens (tertiary/aromatic N) is 3. The van der Waals surface area contributed by atoms with Crippen molar-refractivity contribution in [2.45, 2.75) is 31.7 Å². The van der Waals surface area contributed by atoms with Crippen molar-refractivity contribution in [1.82, 2.24) is 19.4 Å². The standard InChI is InChI=1S/C24H28N4O5S/c1-6-33-24(30)22(21-16(2)26-28(17(21)3)19-10-8-7-9-11-19)25-23(29)18-12-14-20(15-13-18)34(31,32)27(4)5/h7-15,22H,6H2,1-5H3,(H,25,29)/t22-/m0/s1. The van der Waals surface area contributed by atoms with Gasteiger partial charge in [-0.05, 0) is 57.2 Å². The van der Waals surface area contributed by atoms with E-state index in [0.29, 0.717) is 17.0 Å². The Hall–Kier alpha value is -3.50. The van der Waals surface area contributed by atoms with Crippen LogP contribution in [0.3, 0.4) is 0 Å². The molecule has 0 saturated heterocycles. The predicted molar refractivity (Wildman–Crippen MR) is 127 cm³/mol. The van der Waals surface area contributed by atoms with E-state index in [0.717, 1.165) is 9.99 Å². The fraction of sp³-hybridized carbons (Fsp3) is 0.292. The number of amides is 1. The van der Waals surface area contributed by atoms with E-state index >= 15 is 0 Å². The van der Waals surface area contributed by atoms with Crippen LogP contribution in [0.15, 0.2) is 59.5 Å². The molecule has 0 bridgehead atoms. The number of nitrogens with one attached hydrogen (secondary N) is 1. The molecule has 1 aromatic heterocycles. The lowest BCUT2D eigenvalue weighted by molar-refractivity contribution is -0.145. The van der Waals surface area contributed by atoms with Crippen molar-refractivity contribution in [3.8, 4) is 5.69 Å². The van der Waals surface area contributed by atoms with E-state index in [-0.39, 0.29) is 17.1 Å². The van der Waals surface area contributed by atoms with Crippen molar-refractivity contribution in [2.24, 2.45) is 0 Å². The highest BCUT2D eigenvalue weighted by Gasteiger charge is 2.31. The van der Waals surface area contributed by atoms with Gasteiger partial charge in [-0.2, -0.15) is 5.10 Å². The molecule has 0 spiro atoms. The van der Waals surface area contributed by atoms with Crippen molar-refractivity contribution in [1.29, 1.82) is 0 Å². The van der Waals surface area contributed by atoms with Crippen LogP contribution in [-0.2, 0) is 19.6 Å². The minimum Gasteiger partial charge on any atom is -0.464 e. The highest BCUT2D eigenvalue weighted by atomic mass is 32.2. The number of para-hydroxylation sites is 1. The summed E-state index contributed by atoms with van der Waals surface area (Å²) in [5.74, 6) is -1.15. The van der Waals surface area contributed by atoms with Crippen molar-refractivity contribution in [3.05, 3.63) is 77.1 Å². The third-order valence-electron chi connectivity index (χ3n) is 5.33. The Kier molecular flexibility index (Phi) is 7.53. The largest absolute Gasteiger partial charge is 0.464 e. The molecule has 3 rings (SSSR count). The van der Waals surface area contributed by atoms with E-state index in [9.17, 15) is 18.0 Å². The molecule has 0 saturated carbocycles. The van der Waals surface area contributed by atoms with Crippen LogP contribution in [0.25, 0.3) is 5.69 Å². The van der Waals surface area contributed by atoms with Gasteiger partial charge in [-0.25, -0.2) is 22.2 Å². The van der Waals surface area contributed by atoms with Gasteiger partial charge in [0.1, 0.15) is 0 Å². The highest BCUT2D eigenvalue weighted by molar-refractivity contribution is 7.89. The van der Waals surface area contributed by atoms with Crippen LogP contribution in [0.1, 0.15) is 40.3 Å². The number of hydrogen-bond donors (Lipinski definition) is 1. The molecule has 10 heteroatoms. The molecule has 1 heterocycles. The van der Waals surface area contributed by atoms with E-state index in [1.165, 1.54) is 38.4 Å². The summed E-state index contributed by atoms with van der Waals surface area (Å²) < 4.78 is 32.6. The molecule has 9 nitrogen and oxygen atoms in total. The second-order valence-corrected chi connectivity index (χ2v) is 9.95. The molecule has 0 aliphatic heterocycles. The van der Waals surface area contributed by atoms with Gasteiger partial charge < -0.3 is 10.1 Å². The zero-order valence-corrected chi connectivity index (χ0v) is 20.6. The Morgan fingerprint density at radius 1 is 1.06 bits per heavy atom. The number of ether oxygens (including phenoxy) is 1. The van der Waals surface area contributed by atoms with Crippen molar-refractivity contribution >= 4 is 21.9 Å². The molecular weight excluding hydrogens is 456 g/mol. The van der Waals surface area contributed by atoms with Crippen LogP contribution in [0.2, 0.25) is 0 Å². The number of sulfonamides is 1. The van der Waals surface area contributed by atoms with Crippen molar-refractivity contribution in [3.63, 3.8) is 0 Å². The molecule has 3 aromatic rings. The Labute approximate surface area is 199 Å². The summed E-state index contributed by atoms with van der Waals surface area (Å²) in [6, 6.07) is 13.9. The fourth-order valence-electron chi connectivity index (χ4n) is 3.57. The number of rotatable bonds is 8. The third kappa shape index (κ3) is 5.02. The maximum absolute atomic E-state index is 13.0. The van der Waals surface area contributed by atoms with Gasteiger partial charge in [0.05, 0.1) is 22.9 Å². The van der Waals surface area contributed by atoms with Crippen LogP contribution in [0.5, 0.6) is 0 Å². The first kappa shape index (κ1) is 25.1. The molecule has 1 amide bonds. The molecule has 0 radical (unpaired) electrons. The lowest BCUT2D eigenvalue weighted by atomic mass is 10.0. The fourth-order valence-corrected chi connectivity index (χ4v) is 4.47. The monoisotopic (exact) mass is 484 g/mol. The summed E-state index contributed by atoms with van der Waals surface area (Å²) in [6.45, 7) is 5.42. The lowest BCUT2D eigenvalue weighted by Gasteiger charge is -2.18. The molecule has 180 valence electrons. The summed E-state index contributed by atoms with van der Waals surface area (Å²) in [5.41, 5.74) is 2.84. The molecule has 0 aliphatic rings. The lowest BCUT2D eigenvalue weighted by Crippen LogP contribution is -2.35. The molecule has 1 atom stereocenters. The smallest absolute Gasteiger partial charge is 0.333 e. The van der Waals surface area contributed by atoms with Crippen LogP contribution in [-0.4, -0.2) is 55.1 Å². The summed E-state index contributed by atoms with van der Waals surface area (Å²) in [4.78, 5) is 25.9. The Balaban J connectivity index is 1.95. The number of carbonyl (C=O) groups excluding carboxylic acids is 2. The molecule has 2 aromatic carbocycles. The first-order valence-electron chi connectivity index (χ1n) is 10.7.